The molecule has 0 amide bonds. The van der Waals surface area contributed by atoms with Gasteiger partial charge in [0.05, 0.1) is 17.4 Å². The Morgan fingerprint density at radius 3 is 2.89 bits per heavy atom. The molecule has 1 N–H and O–H groups in total. The molecule has 18 heavy (non-hydrogen) atoms. The van der Waals surface area contributed by atoms with Crippen LogP contribution in [0.15, 0.2) is 30.6 Å². The first-order valence-corrected chi connectivity index (χ1v) is 7.02. The van der Waals surface area contributed by atoms with Crippen molar-refractivity contribution in [3.05, 3.63) is 30.6 Å². The Hall–Kier alpha value is -1.35. The Morgan fingerprint density at radius 1 is 1.11 bits per heavy atom. The van der Waals surface area contributed by atoms with E-state index < -0.39 is 0 Å². The molecule has 0 saturated carbocycles. The second-order valence-electron chi connectivity index (χ2n) is 4.74. The lowest BCUT2D eigenvalue weighted by molar-refractivity contribution is 0.566. The van der Waals surface area contributed by atoms with Gasteiger partial charge in [-0.3, -0.25) is 0 Å². The maximum Gasteiger partial charge on any atom is 0.0958 e. The molecule has 1 aromatic carbocycles. The third-order valence-electron chi connectivity index (χ3n) is 3.26. The number of fused-ring (bicyclic) bond motifs is 1. The van der Waals surface area contributed by atoms with Crippen LogP contribution in [0, 0.1) is 0 Å². The monoisotopic (exact) mass is 245 g/mol. The Bertz CT molecular complexity index is 461. The zero-order chi connectivity index (χ0) is 12.6. The van der Waals surface area contributed by atoms with Crippen LogP contribution in [0.5, 0.6) is 0 Å². The highest BCUT2D eigenvalue weighted by atomic mass is 15.1. The van der Waals surface area contributed by atoms with Crippen LogP contribution in [0.25, 0.3) is 11.0 Å². The van der Waals surface area contributed by atoms with Crippen LogP contribution in [-0.4, -0.2) is 22.6 Å². The molecule has 0 radical (unpaired) electrons. The van der Waals surface area contributed by atoms with Crippen molar-refractivity contribution in [2.75, 3.05) is 13.1 Å². The molecule has 2 aromatic rings. The number of unbranched alkanes of at least 4 members (excludes halogenated alkanes) is 3. The van der Waals surface area contributed by atoms with Gasteiger partial charge < -0.3 is 9.88 Å². The second-order valence-corrected chi connectivity index (χ2v) is 4.74. The van der Waals surface area contributed by atoms with E-state index in [1.165, 1.54) is 31.2 Å². The van der Waals surface area contributed by atoms with Gasteiger partial charge in [-0.25, -0.2) is 4.98 Å². The van der Waals surface area contributed by atoms with Crippen LogP contribution in [0.3, 0.4) is 0 Å². The normalized spacial score (nSPS) is 11.2. The van der Waals surface area contributed by atoms with Crippen molar-refractivity contribution >= 4 is 11.0 Å². The molecule has 0 aliphatic heterocycles. The molecule has 0 saturated heterocycles. The van der Waals surface area contributed by atoms with Crippen LogP contribution in [0.4, 0.5) is 0 Å². The third-order valence-corrected chi connectivity index (χ3v) is 3.26. The highest BCUT2D eigenvalue weighted by molar-refractivity contribution is 5.74. The maximum atomic E-state index is 4.39. The molecule has 0 atom stereocenters. The van der Waals surface area contributed by atoms with Crippen molar-refractivity contribution in [2.24, 2.45) is 0 Å². The van der Waals surface area contributed by atoms with Crippen LogP contribution < -0.4 is 5.32 Å². The van der Waals surface area contributed by atoms with Gasteiger partial charge in [-0.1, -0.05) is 38.3 Å². The van der Waals surface area contributed by atoms with Crippen LogP contribution in [0.2, 0.25) is 0 Å². The summed E-state index contributed by atoms with van der Waals surface area (Å²) in [6.07, 6.45) is 7.23. The lowest BCUT2D eigenvalue weighted by Gasteiger charge is -2.06. The molecule has 0 unspecified atom stereocenters. The Balaban J connectivity index is 1.70. The van der Waals surface area contributed by atoms with Crippen molar-refractivity contribution in [2.45, 2.75) is 39.2 Å². The number of benzene rings is 1. The molecular formula is C15H23N3. The van der Waals surface area contributed by atoms with Gasteiger partial charge in [0.25, 0.3) is 0 Å². The van der Waals surface area contributed by atoms with E-state index >= 15 is 0 Å². The summed E-state index contributed by atoms with van der Waals surface area (Å²) in [6, 6.07) is 8.29. The second kappa shape index (κ2) is 7.17. The molecule has 98 valence electrons. The van der Waals surface area contributed by atoms with Gasteiger partial charge in [-0.15, -0.1) is 0 Å². The largest absolute Gasteiger partial charge is 0.329 e. The predicted molar refractivity (Wildman–Crippen MR) is 76.7 cm³/mol. The zero-order valence-corrected chi connectivity index (χ0v) is 11.2. The van der Waals surface area contributed by atoms with Gasteiger partial charge in [0.15, 0.2) is 0 Å². The van der Waals surface area contributed by atoms with Crippen LogP contribution in [-0.2, 0) is 6.54 Å². The molecule has 0 spiro atoms. The van der Waals surface area contributed by atoms with E-state index in [0.717, 1.165) is 25.2 Å². The van der Waals surface area contributed by atoms with E-state index in [-0.39, 0.29) is 0 Å². The van der Waals surface area contributed by atoms with Crippen molar-refractivity contribution < 1.29 is 0 Å². The number of nitrogens with zero attached hydrogens (tertiary/aromatic N) is 2. The molecule has 1 heterocycles. The Labute approximate surface area is 109 Å². The number of imidazole rings is 1. The molecular weight excluding hydrogens is 222 g/mol. The highest BCUT2D eigenvalue weighted by Crippen LogP contribution is 2.10. The molecule has 0 aliphatic carbocycles. The van der Waals surface area contributed by atoms with Gasteiger partial charge >= 0.3 is 0 Å². The molecule has 3 heteroatoms. The summed E-state index contributed by atoms with van der Waals surface area (Å²) in [5.41, 5.74) is 2.31. The van der Waals surface area contributed by atoms with Crippen LogP contribution in [0.1, 0.15) is 32.6 Å². The number of aromatic nitrogens is 2. The molecule has 1 aromatic heterocycles. The predicted octanol–water partition coefficient (Wildman–Crippen LogP) is 3.21. The fraction of sp³-hybridized carbons (Fsp3) is 0.533. The first kappa shape index (κ1) is 13.1. The van der Waals surface area contributed by atoms with Crippen molar-refractivity contribution in [3.8, 4) is 0 Å². The summed E-state index contributed by atoms with van der Waals surface area (Å²) < 4.78 is 2.22. The van der Waals surface area contributed by atoms with Crippen molar-refractivity contribution in [3.63, 3.8) is 0 Å². The quantitative estimate of drug-likeness (QED) is 0.724. The number of hydrogen-bond donors (Lipinski definition) is 1. The molecule has 0 aliphatic rings. The smallest absolute Gasteiger partial charge is 0.0958 e. The first-order valence-electron chi connectivity index (χ1n) is 7.02. The standard InChI is InChI=1S/C15H23N3/c1-2-3-4-7-10-16-11-12-18-13-17-14-8-5-6-9-15(14)18/h5-6,8-9,13,16H,2-4,7,10-12H2,1H3. The first-order chi connectivity index (χ1) is 8.92. The summed E-state index contributed by atoms with van der Waals surface area (Å²) in [4.78, 5) is 4.39. The molecule has 3 nitrogen and oxygen atoms in total. The summed E-state index contributed by atoms with van der Waals surface area (Å²) >= 11 is 0. The van der Waals surface area contributed by atoms with Crippen molar-refractivity contribution in [1.82, 2.24) is 14.9 Å². The molecule has 0 fully saturated rings. The fourth-order valence-corrected chi connectivity index (χ4v) is 2.19. The topological polar surface area (TPSA) is 29.9 Å². The summed E-state index contributed by atoms with van der Waals surface area (Å²) in [7, 11) is 0. The SMILES string of the molecule is CCCCCCNCCn1cnc2ccccc21. The van der Waals surface area contributed by atoms with Gasteiger partial charge in [-0.2, -0.15) is 0 Å². The highest BCUT2D eigenvalue weighted by Gasteiger charge is 1.99. The third kappa shape index (κ3) is 3.57. The minimum Gasteiger partial charge on any atom is -0.329 e. The van der Waals surface area contributed by atoms with Gasteiger partial charge in [0, 0.05) is 13.1 Å². The van der Waals surface area contributed by atoms with E-state index in [0.29, 0.717) is 0 Å². The average Bonchev–Trinajstić information content (AvgIpc) is 2.81. The fourth-order valence-electron chi connectivity index (χ4n) is 2.19. The summed E-state index contributed by atoms with van der Waals surface area (Å²) in [6.45, 7) is 5.39. The minimum absolute atomic E-state index is 0.994. The number of hydrogen-bond acceptors (Lipinski definition) is 2. The van der Waals surface area contributed by atoms with Gasteiger partial charge in [0.1, 0.15) is 0 Å². The average molecular weight is 245 g/mol. The zero-order valence-electron chi connectivity index (χ0n) is 11.2. The van der Waals surface area contributed by atoms with E-state index in [2.05, 4.69) is 40.0 Å². The summed E-state index contributed by atoms with van der Waals surface area (Å²) in [5, 5.41) is 3.50. The van der Waals surface area contributed by atoms with E-state index in [1.807, 2.05) is 12.4 Å². The summed E-state index contributed by atoms with van der Waals surface area (Å²) in [5.74, 6) is 0. The maximum absolute atomic E-state index is 4.39. The lowest BCUT2D eigenvalue weighted by Crippen LogP contribution is -2.20. The van der Waals surface area contributed by atoms with E-state index in [1.54, 1.807) is 0 Å². The minimum atomic E-state index is 0.994. The van der Waals surface area contributed by atoms with Crippen LogP contribution >= 0.6 is 0 Å². The van der Waals surface area contributed by atoms with Gasteiger partial charge in [-0.05, 0) is 25.1 Å². The Morgan fingerprint density at radius 2 is 2.00 bits per heavy atom. The molecule has 0 bridgehead atoms. The van der Waals surface area contributed by atoms with E-state index in [4.69, 9.17) is 0 Å². The lowest BCUT2D eigenvalue weighted by atomic mass is 10.2. The number of para-hydroxylation sites is 2. The Kier molecular flexibility index (Phi) is 5.21. The van der Waals surface area contributed by atoms with E-state index in [9.17, 15) is 0 Å². The van der Waals surface area contributed by atoms with Crippen molar-refractivity contribution in [1.29, 1.82) is 0 Å². The van der Waals surface area contributed by atoms with Gasteiger partial charge in [0.2, 0.25) is 0 Å². The number of nitrogens with one attached hydrogen (secondary N) is 1. The number of rotatable bonds is 8. The molecule has 2 rings (SSSR count).